The van der Waals surface area contributed by atoms with Crippen LogP contribution in [-0.2, 0) is 21.3 Å². The van der Waals surface area contributed by atoms with Crippen LogP contribution in [0.5, 0.6) is 0 Å². The lowest BCUT2D eigenvalue weighted by Gasteiger charge is -2.41. The molecule has 2 aliphatic rings. The van der Waals surface area contributed by atoms with Gasteiger partial charge in [0.1, 0.15) is 11.4 Å². The molecule has 3 rings (SSSR count). The molecule has 1 aromatic rings. The van der Waals surface area contributed by atoms with Crippen LogP contribution in [0.3, 0.4) is 0 Å². The summed E-state index contributed by atoms with van der Waals surface area (Å²) in [6.45, 7) is 5.20. The van der Waals surface area contributed by atoms with E-state index in [0.717, 1.165) is 57.9 Å². The molecule has 0 aromatic carbocycles. The summed E-state index contributed by atoms with van der Waals surface area (Å²) in [5, 5.41) is 10.8. The summed E-state index contributed by atoms with van der Waals surface area (Å²) < 4.78 is 12.3. The van der Waals surface area contributed by atoms with Crippen LogP contribution in [0.1, 0.15) is 19.3 Å². The molecule has 2 aliphatic heterocycles. The van der Waals surface area contributed by atoms with Crippen LogP contribution in [0.15, 0.2) is 23.9 Å². The predicted octanol–water partition coefficient (Wildman–Crippen LogP) is 0.776. The lowest BCUT2D eigenvalue weighted by atomic mass is 9.86. The van der Waals surface area contributed by atoms with Crippen LogP contribution < -0.4 is 10.6 Å². The summed E-state index contributed by atoms with van der Waals surface area (Å²) >= 11 is 0. The molecule has 0 bridgehead atoms. The third-order valence-electron chi connectivity index (χ3n) is 5.23. The first-order chi connectivity index (χ1) is 13.1. The minimum absolute atomic E-state index is 0.0186. The Morgan fingerprint density at radius 3 is 2.85 bits per heavy atom. The summed E-state index contributed by atoms with van der Waals surface area (Å²) in [5.74, 6) is 0.751. The second-order valence-electron chi connectivity index (χ2n) is 7.31. The van der Waals surface area contributed by atoms with Crippen LogP contribution in [0.25, 0.3) is 0 Å². The highest BCUT2D eigenvalue weighted by Crippen LogP contribution is 2.27. The number of aryl methyl sites for hydroxylation is 1. The molecule has 1 aromatic heterocycles. The number of methoxy groups -OCH3 is 1. The number of ether oxygens (including phenoxy) is 2. The number of nitrogens with one attached hydrogen (secondary N) is 2. The third kappa shape index (κ3) is 5.31. The van der Waals surface area contributed by atoms with Crippen LogP contribution in [0.4, 0.5) is 5.82 Å². The van der Waals surface area contributed by atoms with Gasteiger partial charge in [-0.05, 0) is 24.8 Å². The summed E-state index contributed by atoms with van der Waals surface area (Å²) in [7, 11) is 3.51. The van der Waals surface area contributed by atoms with Gasteiger partial charge in [-0.15, -0.1) is 0 Å². The van der Waals surface area contributed by atoms with Gasteiger partial charge in [-0.1, -0.05) is 6.08 Å². The first kappa shape index (κ1) is 19.9. The van der Waals surface area contributed by atoms with E-state index in [0.29, 0.717) is 13.2 Å². The molecule has 0 saturated carbocycles. The van der Waals surface area contributed by atoms with Crippen molar-refractivity contribution in [1.82, 2.24) is 20.0 Å². The predicted molar refractivity (Wildman–Crippen MR) is 104 cm³/mol. The average Bonchev–Trinajstić information content (AvgIpc) is 3.09. The molecule has 27 heavy (non-hydrogen) atoms. The molecule has 3 heterocycles. The van der Waals surface area contributed by atoms with Crippen molar-refractivity contribution in [1.29, 1.82) is 0 Å². The number of carbonyl (C=O) groups is 1. The highest BCUT2D eigenvalue weighted by atomic mass is 16.5. The number of amides is 1. The molecule has 1 amide bonds. The maximum absolute atomic E-state index is 13.0. The van der Waals surface area contributed by atoms with Gasteiger partial charge in [0, 0.05) is 52.6 Å². The quantitative estimate of drug-likeness (QED) is 0.515. The molecule has 8 nitrogen and oxygen atoms in total. The van der Waals surface area contributed by atoms with Crippen molar-refractivity contribution in [3.05, 3.63) is 23.9 Å². The number of rotatable bonds is 8. The number of hydrogen-bond acceptors (Lipinski definition) is 6. The van der Waals surface area contributed by atoms with E-state index in [1.54, 1.807) is 11.8 Å². The Morgan fingerprint density at radius 1 is 1.41 bits per heavy atom. The molecule has 0 radical (unpaired) electrons. The van der Waals surface area contributed by atoms with Crippen molar-refractivity contribution in [2.45, 2.75) is 24.8 Å². The maximum atomic E-state index is 13.0. The second kappa shape index (κ2) is 9.34. The van der Waals surface area contributed by atoms with Crippen molar-refractivity contribution >= 4 is 11.7 Å². The molecule has 150 valence electrons. The first-order valence-corrected chi connectivity index (χ1v) is 9.64. The fourth-order valence-electron chi connectivity index (χ4n) is 3.67. The first-order valence-electron chi connectivity index (χ1n) is 9.64. The topological polar surface area (TPSA) is 80.7 Å². The molecule has 0 spiro atoms. The zero-order valence-electron chi connectivity index (χ0n) is 16.4. The number of nitrogens with zero attached hydrogens (tertiary/aromatic N) is 3. The van der Waals surface area contributed by atoms with Gasteiger partial charge in [-0.2, -0.15) is 5.10 Å². The number of piperidine rings is 1. The van der Waals surface area contributed by atoms with Crippen LogP contribution >= 0.6 is 0 Å². The lowest BCUT2D eigenvalue weighted by molar-refractivity contribution is -0.127. The summed E-state index contributed by atoms with van der Waals surface area (Å²) in [6, 6.07) is 1.90. The Balaban J connectivity index is 1.64. The number of carbonyl (C=O) groups excluding carboxylic acids is 1. The zero-order valence-corrected chi connectivity index (χ0v) is 16.4. The molecule has 2 N–H and O–H groups in total. The molecular weight excluding hydrogens is 346 g/mol. The van der Waals surface area contributed by atoms with Gasteiger partial charge in [0.2, 0.25) is 5.91 Å². The molecule has 0 aliphatic carbocycles. The van der Waals surface area contributed by atoms with Gasteiger partial charge in [0.05, 0.1) is 19.8 Å². The average molecular weight is 377 g/mol. The minimum atomic E-state index is -0.643. The van der Waals surface area contributed by atoms with Crippen molar-refractivity contribution in [2.24, 2.45) is 7.05 Å². The van der Waals surface area contributed by atoms with Crippen molar-refractivity contribution < 1.29 is 14.3 Å². The Kier molecular flexibility index (Phi) is 6.87. The smallest absolute Gasteiger partial charge is 0.245 e. The van der Waals surface area contributed by atoms with Crippen molar-refractivity contribution in [3.63, 3.8) is 0 Å². The van der Waals surface area contributed by atoms with E-state index >= 15 is 0 Å². The fraction of sp³-hybridized carbons (Fsp3) is 0.684. The van der Waals surface area contributed by atoms with Gasteiger partial charge < -0.3 is 20.1 Å². The standard InChI is InChI=1S/C19H31N5O3/c1-23-9-5-17(22-23)21-19(18(25)20-8-13-26-2)6-10-24(11-7-19)14-16-4-3-12-27-15-16/h4-5,9H,3,6-8,10-15H2,1-2H3,(H,20,25)(H,21,22). The number of likely N-dealkylation sites (tertiary alicyclic amines) is 1. The molecule has 0 atom stereocenters. The summed E-state index contributed by atoms with van der Waals surface area (Å²) in [4.78, 5) is 15.4. The van der Waals surface area contributed by atoms with Gasteiger partial charge >= 0.3 is 0 Å². The molecule has 1 fully saturated rings. The summed E-state index contributed by atoms with van der Waals surface area (Å²) in [5.41, 5.74) is 0.701. The van der Waals surface area contributed by atoms with E-state index in [4.69, 9.17) is 9.47 Å². The number of hydrogen-bond donors (Lipinski definition) is 2. The Bertz CT molecular complexity index is 650. The SMILES string of the molecule is COCCNC(=O)C1(Nc2ccn(C)n2)CCN(CC2=CCCOC2)CC1. The molecular formula is C19H31N5O3. The van der Waals surface area contributed by atoms with Crippen molar-refractivity contribution in [2.75, 3.05) is 58.4 Å². The van der Waals surface area contributed by atoms with Gasteiger partial charge in [-0.3, -0.25) is 14.4 Å². The lowest BCUT2D eigenvalue weighted by Crippen LogP contribution is -2.59. The molecule has 0 unspecified atom stereocenters. The van der Waals surface area contributed by atoms with E-state index in [1.165, 1.54) is 5.57 Å². The van der Waals surface area contributed by atoms with E-state index in [1.807, 2.05) is 19.3 Å². The second-order valence-corrected chi connectivity index (χ2v) is 7.31. The zero-order chi connectivity index (χ0) is 19.1. The Morgan fingerprint density at radius 2 is 2.22 bits per heavy atom. The normalized spacial score (nSPS) is 20.1. The van der Waals surface area contributed by atoms with E-state index in [2.05, 4.69) is 26.7 Å². The van der Waals surface area contributed by atoms with Gasteiger partial charge in [0.25, 0.3) is 0 Å². The van der Waals surface area contributed by atoms with E-state index in [-0.39, 0.29) is 5.91 Å². The van der Waals surface area contributed by atoms with Gasteiger partial charge in [0.15, 0.2) is 0 Å². The maximum Gasteiger partial charge on any atom is 0.245 e. The monoisotopic (exact) mass is 377 g/mol. The molecule has 1 saturated heterocycles. The summed E-state index contributed by atoms with van der Waals surface area (Å²) in [6.07, 6.45) is 6.63. The van der Waals surface area contributed by atoms with Gasteiger partial charge in [-0.25, -0.2) is 0 Å². The number of aromatic nitrogens is 2. The fourth-order valence-corrected chi connectivity index (χ4v) is 3.67. The molecule has 8 heteroatoms. The van der Waals surface area contributed by atoms with E-state index < -0.39 is 5.54 Å². The number of anilines is 1. The van der Waals surface area contributed by atoms with E-state index in [9.17, 15) is 4.79 Å². The highest BCUT2D eigenvalue weighted by Gasteiger charge is 2.41. The Labute approximate surface area is 160 Å². The Hall–Kier alpha value is -1.90. The minimum Gasteiger partial charge on any atom is -0.383 e. The van der Waals surface area contributed by atoms with Crippen LogP contribution in [0.2, 0.25) is 0 Å². The van der Waals surface area contributed by atoms with Crippen LogP contribution in [-0.4, -0.2) is 79.2 Å². The highest BCUT2D eigenvalue weighted by molar-refractivity contribution is 5.89. The third-order valence-corrected chi connectivity index (χ3v) is 5.23. The van der Waals surface area contributed by atoms with Crippen LogP contribution in [0, 0.1) is 0 Å². The van der Waals surface area contributed by atoms with Crippen molar-refractivity contribution in [3.8, 4) is 0 Å². The largest absolute Gasteiger partial charge is 0.383 e.